The van der Waals surface area contributed by atoms with Gasteiger partial charge in [-0.25, -0.2) is 9.78 Å². The molecule has 2 aliphatic rings. The summed E-state index contributed by atoms with van der Waals surface area (Å²) in [6.07, 6.45) is 2.34. The number of fused-ring (bicyclic) bond motifs is 1. The zero-order valence-electron chi connectivity index (χ0n) is 18.7. The highest BCUT2D eigenvalue weighted by Gasteiger charge is 2.31. The molecule has 0 unspecified atom stereocenters. The monoisotopic (exact) mass is 446 g/mol. The zero-order valence-corrected chi connectivity index (χ0v) is 18.7. The lowest BCUT2D eigenvalue weighted by molar-refractivity contribution is -0.136. The highest BCUT2D eigenvalue weighted by Crippen LogP contribution is 2.23. The number of hydrogen-bond acceptors (Lipinski definition) is 4. The van der Waals surface area contributed by atoms with Crippen LogP contribution in [0.2, 0.25) is 0 Å². The van der Waals surface area contributed by atoms with Gasteiger partial charge in [-0.15, -0.1) is 0 Å². The summed E-state index contributed by atoms with van der Waals surface area (Å²) in [5.41, 5.74) is 2.79. The van der Waals surface area contributed by atoms with Crippen LogP contribution in [0, 0.1) is 5.92 Å². The molecule has 172 valence electrons. The van der Waals surface area contributed by atoms with Gasteiger partial charge in [-0.3, -0.25) is 4.79 Å². The Morgan fingerprint density at radius 2 is 1.61 bits per heavy atom. The number of anilines is 2. The number of nitrogens with zero attached hydrogens (tertiary/aromatic N) is 4. The molecule has 0 radical (unpaired) electrons. The number of aromatic amines is 1. The number of carbonyl (C=O) groups is 2. The van der Waals surface area contributed by atoms with Crippen LogP contribution >= 0.6 is 0 Å². The quantitative estimate of drug-likeness (QED) is 0.645. The molecule has 1 aromatic heterocycles. The third-order valence-electron chi connectivity index (χ3n) is 6.64. The predicted molar refractivity (Wildman–Crippen MR) is 129 cm³/mol. The van der Waals surface area contributed by atoms with Crippen molar-refractivity contribution in [1.82, 2.24) is 19.8 Å². The van der Waals surface area contributed by atoms with E-state index in [2.05, 4.69) is 15.2 Å². The normalized spacial score (nSPS) is 17.8. The Hall–Kier alpha value is -3.55. The minimum Gasteiger partial charge on any atom is -0.341 e. The first-order valence-electron chi connectivity index (χ1n) is 11.8. The molecule has 3 aromatic rings. The summed E-state index contributed by atoms with van der Waals surface area (Å²) in [5.74, 6) is 1.09. The van der Waals surface area contributed by atoms with Gasteiger partial charge in [0.05, 0.1) is 11.0 Å². The number of benzene rings is 2. The van der Waals surface area contributed by atoms with Crippen molar-refractivity contribution in [2.45, 2.75) is 19.3 Å². The van der Waals surface area contributed by atoms with Gasteiger partial charge in [-0.05, 0) is 43.5 Å². The zero-order chi connectivity index (χ0) is 22.6. The van der Waals surface area contributed by atoms with E-state index in [1.165, 1.54) is 0 Å². The van der Waals surface area contributed by atoms with Gasteiger partial charge in [-0.1, -0.05) is 30.3 Å². The van der Waals surface area contributed by atoms with E-state index < -0.39 is 0 Å². The maximum Gasteiger partial charge on any atom is 0.321 e. The van der Waals surface area contributed by atoms with Gasteiger partial charge < -0.3 is 25.0 Å². The van der Waals surface area contributed by atoms with E-state index in [0.29, 0.717) is 32.5 Å². The highest BCUT2D eigenvalue weighted by atomic mass is 16.2. The summed E-state index contributed by atoms with van der Waals surface area (Å²) in [5, 5.41) is 2.93. The molecule has 0 atom stereocenters. The first kappa shape index (κ1) is 21.3. The number of aromatic nitrogens is 2. The van der Waals surface area contributed by atoms with E-state index in [-0.39, 0.29) is 17.9 Å². The average molecular weight is 447 g/mol. The molecule has 2 saturated heterocycles. The minimum atomic E-state index is -0.0941. The summed E-state index contributed by atoms with van der Waals surface area (Å²) in [4.78, 5) is 39.9. The number of rotatable bonds is 3. The fraction of sp³-hybridized carbons (Fsp3) is 0.400. The lowest BCUT2D eigenvalue weighted by Gasteiger charge is -2.34. The maximum atomic E-state index is 13.2. The second-order valence-corrected chi connectivity index (χ2v) is 8.80. The van der Waals surface area contributed by atoms with E-state index in [4.69, 9.17) is 4.98 Å². The number of hydrogen-bond donors (Lipinski definition) is 2. The van der Waals surface area contributed by atoms with Crippen LogP contribution in [0.15, 0.2) is 54.6 Å². The van der Waals surface area contributed by atoms with E-state index >= 15 is 0 Å². The summed E-state index contributed by atoms with van der Waals surface area (Å²) >= 11 is 0. The average Bonchev–Trinajstić information content (AvgIpc) is 3.14. The van der Waals surface area contributed by atoms with Crippen molar-refractivity contribution in [3.8, 4) is 0 Å². The van der Waals surface area contributed by atoms with Crippen molar-refractivity contribution < 1.29 is 9.59 Å². The molecule has 8 nitrogen and oxygen atoms in total. The first-order chi connectivity index (χ1) is 16.2. The lowest BCUT2D eigenvalue weighted by Crippen LogP contribution is -2.46. The van der Waals surface area contributed by atoms with Crippen LogP contribution in [0.4, 0.5) is 16.4 Å². The number of piperidine rings is 1. The summed E-state index contributed by atoms with van der Waals surface area (Å²) in [6.45, 7) is 4.32. The number of amides is 3. The number of H-pyrrole nitrogens is 1. The first-order valence-corrected chi connectivity index (χ1v) is 11.8. The molecule has 3 amide bonds. The third kappa shape index (κ3) is 4.79. The van der Waals surface area contributed by atoms with Crippen molar-refractivity contribution in [2.75, 3.05) is 49.5 Å². The van der Waals surface area contributed by atoms with E-state index in [1.54, 1.807) is 0 Å². The number of carbonyl (C=O) groups excluding carboxylic acids is 2. The van der Waals surface area contributed by atoms with Crippen molar-refractivity contribution in [2.24, 2.45) is 5.92 Å². The highest BCUT2D eigenvalue weighted by molar-refractivity contribution is 5.89. The number of likely N-dealkylation sites (tertiary alicyclic amines) is 1. The van der Waals surface area contributed by atoms with Crippen molar-refractivity contribution in [3.05, 3.63) is 54.6 Å². The fourth-order valence-electron chi connectivity index (χ4n) is 4.75. The second-order valence-electron chi connectivity index (χ2n) is 8.80. The minimum absolute atomic E-state index is 0.0106. The van der Waals surface area contributed by atoms with Gasteiger partial charge in [0.2, 0.25) is 11.9 Å². The summed E-state index contributed by atoms with van der Waals surface area (Å²) in [6, 6.07) is 17.4. The Labute approximate surface area is 193 Å². The Morgan fingerprint density at radius 1 is 0.848 bits per heavy atom. The predicted octanol–water partition coefficient (Wildman–Crippen LogP) is 3.55. The fourth-order valence-corrected chi connectivity index (χ4v) is 4.75. The van der Waals surface area contributed by atoms with Crippen LogP contribution in [0.1, 0.15) is 19.3 Å². The lowest BCUT2D eigenvalue weighted by atomic mass is 9.95. The molecule has 0 aliphatic carbocycles. The van der Waals surface area contributed by atoms with Crippen LogP contribution in [0.5, 0.6) is 0 Å². The molecule has 2 fully saturated rings. The van der Waals surface area contributed by atoms with Crippen LogP contribution in [-0.2, 0) is 4.79 Å². The largest absolute Gasteiger partial charge is 0.341 e. The topological polar surface area (TPSA) is 84.6 Å². The molecule has 8 heteroatoms. The van der Waals surface area contributed by atoms with Gasteiger partial charge in [0.15, 0.2) is 0 Å². The smallest absolute Gasteiger partial charge is 0.321 e. The van der Waals surface area contributed by atoms with E-state index in [9.17, 15) is 9.59 Å². The van der Waals surface area contributed by atoms with Crippen molar-refractivity contribution in [3.63, 3.8) is 0 Å². The SMILES string of the molecule is O=C(Nc1ccccc1)N1CCC(C(=O)N2CCCN(c3nc4ccccc4[nH]3)CC2)CC1. The van der Waals surface area contributed by atoms with Gasteiger partial charge in [0, 0.05) is 50.9 Å². The van der Waals surface area contributed by atoms with Gasteiger partial charge in [0.25, 0.3) is 0 Å². The van der Waals surface area contributed by atoms with Gasteiger partial charge >= 0.3 is 6.03 Å². The number of imidazole rings is 1. The molecule has 3 heterocycles. The second kappa shape index (κ2) is 9.52. The van der Waals surface area contributed by atoms with Crippen LogP contribution in [0.3, 0.4) is 0 Å². The molecule has 0 spiro atoms. The molecule has 0 saturated carbocycles. The van der Waals surface area contributed by atoms with Gasteiger partial charge in [0.1, 0.15) is 0 Å². The number of urea groups is 1. The number of nitrogens with one attached hydrogen (secondary N) is 2. The summed E-state index contributed by atoms with van der Waals surface area (Å²) < 4.78 is 0. The molecule has 33 heavy (non-hydrogen) atoms. The Balaban J connectivity index is 1.13. The molecular weight excluding hydrogens is 416 g/mol. The molecule has 5 rings (SSSR count). The van der Waals surface area contributed by atoms with Crippen molar-refractivity contribution in [1.29, 1.82) is 0 Å². The van der Waals surface area contributed by atoms with Crippen LogP contribution < -0.4 is 10.2 Å². The third-order valence-corrected chi connectivity index (χ3v) is 6.64. The molecular formula is C25H30N6O2. The molecule has 0 bridgehead atoms. The standard InChI is InChI=1S/C25H30N6O2/c32-23(19-11-15-31(16-12-19)25(33)26-20-7-2-1-3-8-20)29-13-6-14-30(18-17-29)24-27-21-9-4-5-10-22(21)28-24/h1-5,7-10,19H,6,11-18H2,(H,26,33)(H,27,28). The molecule has 2 aliphatic heterocycles. The van der Waals surface area contributed by atoms with Gasteiger partial charge in [-0.2, -0.15) is 0 Å². The molecule has 2 N–H and O–H groups in total. The Morgan fingerprint density at radius 3 is 2.39 bits per heavy atom. The Kier molecular flexibility index (Phi) is 6.15. The summed E-state index contributed by atoms with van der Waals surface area (Å²) in [7, 11) is 0. The molecule has 2 aromatic carbocycles. The van der Waals surface area contributed by atoms with E-state index in [0.717, 1.165) is 48.7 Å². The van der Waals surface area contributed by atoms with E-state index in [1.807, 2.05) is 64.4 Å². The Bertz CT molecular complexity index is 1070. The number of para-hydroxylation sites is 3. The van der Waals surface area contributed by atoms with Crippen molar-refractivity contribution >= 4 is 34.6 Å². The maximum absolute atomic E-state index is 13.2. The van der Waals surface area contributed by atoms with Crippen LogP contribution in [-0.4, -0.2) is 71.0 Å². The van der Waals surface area contributed by atoms with Crippen LogP contribution in [0.25, 0.3) is 11.0 Å².